The molecule has 0 aliphatic carbocycles. The first kappa shape index (κ1) is 15.4. The first-order valence-electron chi connectivity index (χ1n) is 6.01. The van der Waals surface area contributed by atoms with Gasteiger partial charge in [-0.1, -0.05) is 17.7 Å². The van der Waals surface area contributed by atoms with E-state index in [2.05, 4.69) is 5.32 Å². The summed E-state index contributed by atoms with van der Waals surface area (Å²) in [5.74, 6) is 0.535. The highest BCUT2D eigenvalue weighted by molar-refractivity contribution is 7.83. The van der Waals surface area contributed by atoms with Gasteiger partial charge >= 0.3 is 0 Å². The number of nitrogens with one attached hydrogen (secondary N) is 1. The van der Waals surface area contributed by atoms with E-state index in [4.69, 9.17) is 11.6 Å². The van der Waals surface area contributed by atoms with Crippen molar-refractivity contribution in [1.82, 2.24) is 0 Å². The number of hydrogen-bond donors (Lipinski definition) is 1. The van der Waals surface area contributed by atoms with E-state index in [9.17, 15) is 8.60 Å². The minimum absolute atomic E-state index is 0.251. The van der Waals surface area contributed by atoms with Crippen LogP contribution in [0.15, 0.2) is 18.2 Å². The van der Waals surface area contributed by atoms with Gasteiger partial charge in [0.1, 0.15) is 0 Å². The highest BCUT2D eigenvalue weighted by Gasteiger charge is 2.03. The van der Waals surface area contributed by atoms with Gasteiger partial charge in [0.2, 0.25) is 0 Å². The van der Waals surface area contributed by atoms with Crippen LogP contribution in [-0.2, 0) is 16.6 Å². The minimum Gasteiger partial charge on any atom is -0.384 e. The molecule has 0 saturated carbocycles. The molecule has 0 aliphatic heterocycles. The van der Waals surface area contributed by atoms with E-state index < -0.39 is 10.8 Å². The van der Waals surface area contributed by atoms with E-state index >= 15 is 0 Å². The van der Waals surface area contributed by atoms with E-state index in [1.54, 1.807) is 6.26 Å². The molecule has 102 valence electrons. The lowest BCUT2D eigenvalue weighted by molar-refractivity contribution is 0.458. The molecule has 1 atom stereocenters. The lowest BCUT2D eigenvalue weighted by Gasteiger charge is -2.10. The molecule has 5 heteroatoms. The van der Waals surface area contributed by atoms with Crippen LogP contribution in [0.4, 0.5) is 10.1 Å². The summed E-state index contributed by atoms with van der Waals surface area (Å²) in [4.78, 5) is 0. The number of rotatable bonds is 8. The number of benzene rings is 1. The van der Waals surface area contributed by atoms with Crippen LogP contribution < -0.4 is 5.32 Å². The molecule has 0 saturated heterocycles. The lowest BCUT2D eigenvalue weighted by Crippen LogP contribution is -2.03. The van der Waals surface area contributed by atoms with Crippen LogP contribution in [0.1, 0.15) is 24.8 Å². The largest absolute Gasteiger partial charge is 0.384 e. The second-order valence-corrected chi connectivity index (χ2v) is 6.05. The summed E-state index contributed by atoms with van der Waals surface area (Å²) >= 11 is 6.07. The second kappa shape index (κ2) is 8.48. The van der Waals surface area contributed by atoms with Crippen LogP contribution in [0.3, 0.4) is 0 Å². The quantitative estimate of drug-likeness (QED) is 0.739. The van der Waals surface area contributed by atoms with Crippen LogP contribution >= 0.6 is 11.6 Å². The summed E-state index contributed by atoms with van der Waals surface area (Å²) in [6.07, 6.45) is 4.09. The zero-order valence-electron chi connectivity index (χ0n) is 10.5. The molecule has 18 heavy (non-hydrogen) atoms. The highest BCUT2D eigenvalue weighted by atomic mass is 35.5. The fraction of sp³-hybridized carbons (Fsp3) is 0.538. The maximum absolute atomic E-state index is 11.9. The predicted octanol–water partition coefficient (Wildman–Crippen LogP) is 3.77. The maximum atomic E-state index is 11.9. The Hall–Kier alpha value is -0.610. The second-order valence-electron chi connectivity index (χ2n) is 4.21. The molecule has 1 unspecified atom stereocenters. The maximum Gasteiger partial charge on any atom is 0.0894 e. The van der Waals surface area contributed by atoms with Gasteiger partial charge in [-0.05, 0) is 37.0 Å². The van der Waals surface area contributed by atoms with Crippen LogP contribution in [0.25, 0.3) is 0 Å². The molecule has 1 N–H and O–H groups in total. The number of alkyl halides is 1. The van der Waals surface area contributed by atoms with E-state index in [1.807, 2.05) is 18.2 Å². The van der Waals surface area contributed by atoms with Crippen molar-refractivity contribution in [3.63, 3.8) is 0 Å². The summed E-state index contributed by atoms with van der Waals surface area (Å²) in [6, 6.07) is 5.63. The average Bonchev–Trinajstić information content (AvgIpc) is 2.32. The van der Waals surface area contributed by atoms with Gasteiger partial charge < -0.3 is 5.32 Å². The van der Waals surface area contributed by atoms with Gasteiger partial charge in [-0.25, -0.2) is 0 Å². The zero-order chi connectivity index (χ0) is 13.4. The smallest absolute Gasteiger partial charge is 0.0894 e. The Balaban J connectivity index is 2.50. The fourth-order valence-electron chi connectivity index (χ4n) is 1.65. The highest BCUT2D eigenvalue weighted by Crippen LogP contribution is 2.23. The third-order valence-corrected chi connectivity index (χ3v) is 3.60. The molecular formula is C13H19ClFNOS. The molecular weight excluding hydrogens is 273 g/mol. The van der Waals surface area contributed by atoms with Crippen LogP contribution in [0.2, 0.25) is 5.02 Å². The average molecular weight is 292 g/mol. The molecule has 0 heterocycles. The number of halogens is 2. The zero-order valence-corrected chi connectivity index (χ0v) is 12.1. The monoisotopic (exact) mass is 291 g/mol. The van der Waals surface area contributed by atoms with Crippen molar-refractivity contribution in [2.45, 2.75) is 25.0 Å². The van der Waals surface area contributed by atoms with E-state index in [0.717, 1.165) is 30.6 Å². The van der Waals surface area contributed by atoms with Crippen LogP contribution in [0, 0.1) is 0 Å². The van der Waals surface area contributed by atoms with Crippen molar-refractivity contribution in [1.29, 1.82) is 0 Å². The summed E-state index contributed by atoms with van der Waals surface area (Å²) < 4.78 is 23.1. The lowest BCUT2D eigenvalue weighted by atomic mass is 10.2. The summed E-state index contributed by atoms with van der Waals surface area (Å²) in [5, 5.41) is 3.89. The SMILES string of the molecule is CS(=O)Cc1ccc(Cl)c(NCCCCCF)c1. The van der Waals surface area contributed by atoms with E-state index in [1.165, 1.54) is 0 Å². The Morgan fingerprint density at radius 1 is 1.33 bits per heavy atom. The summed E-state index contributed by atoms with van der Waals surface area (Å²) in [7, 11) is -0.854. The Labute approximate surface area is 115 Å². The molecule has 0 amide bonds. The molecule has 0 bridgehead atoms. The van der Waals surface area contributed by atoms with Crippen molar-refractivity contribution in [3.05, 3.63) is 28.8 Å². The topological polar surface area (TPSA) is 29.1 Å². The van der Waals surface area contributed by atoms with E-state index in [0.29, 0.717) is 17.2 Å². The molecule has 0 aromatic heterocycles. The number of hydrogen-bond acceptors (Lipinski definition) is 2. The molecule has 1 aromatic carbocycles. The standard InChI is InChI=1S/C13H19ClFNOS/c1-18(17)10-11-5-6-12(14)13(9-11)16-8-4-2-3-7-15/h5-6,9,16H,2-4,7-8,10H2,1H3. The van der Waals surface area contributed by atoms with Gasteiger partial charge in [0, 0.05) is 29.4 Å². The van der Waals surface area contributed by atoms with Gasteiger partial charge in [0.25, 0.3) is 0 Å². The molecule has 2 nitrogen and oxygen atoms in total. The van der Waals surface area contributed by atoms with Crippen molar-refractivity contribution in [3.8, 4) is 0 Å². The van der Waals surface area contributed by atoms with E-state index in [-0.39, 0.29) is 6.67 Å². The fourth-order valence-corrected chi connectivity index (χ4v) is 2.49. The van der Waals surface area contributed by atoms with Crippen LogP contribution in [0.5, 0.6) is 0 Å². The van der Waals surface area contributed by atoms with Crippen molar-refractivity contribution < 1.29 is 8.60 Å². The predicted molar refractivity (Wildman–Crippen MR) is 77.5 cm³/mol. The number of anilines is 1. The van der Waals surface area contributed by atoms with Gasteiger partial charge in [0.15, 0.2) is 0 Å². The molecule has 1 aromatic rings. The Morgan fingerprint density at radius 3 is 2.78 bits per heavy atom. The molecule has 1 rings (SSSR count). The molecule has 0 fully saturated rings. The Kier molecular flexibility index (Phi) is 7.28. The van der Waals surface area contributed by atoms with Gasteiger partial charge in [-0.3, -0.25) is 8.60 Å². The summed E-state index contributed by atoms with van der Waals surface area (Å²) in [6.45, 7) is 0.525. The first-order chi connectivity index (χ1) is 8.63. The van der Waals surface area contributed by atoms with Gasteiger partial charge in [-0.15, -0.1) is 0 Å². The van der Waals surface area contributed by atoms with Gasteiger partial charge in [-0.2, -0.15) is 0 Å². The molecule has 0 spiro atoms. The summed E-state index contributed by atoms with van der Waals surface area (Å²) in [5.41, 5.74) is 1.87. The van der Waals surface area contributed by atoms with Crippen molar-refractivity contribution in [2.75, 3.05) is 24.8 Å². The first-order valence-corrected chi connectivity index (χ1v) is 8.12. The Bertz CT molecular complexity index is 401. The third-order valence-electron chi connectivity index (χ3n) is 2.53. The minimum atomic E-state index is -0.854. The van der Waals surface area contributed by atoms with Crippen molar-refractivity contribution >= 4 is 28.1 Å². The molecule has 0 radical (unpaired) electrons. The van der Waals surface area contributed by atoms with Gasteiger partial charge in [0.05, 0.1) is 17.4 Å². The molecule has 0 aliphatic rings. The Morgan fingerprint density at radius 2 is 2.11 bits per heavy atom. The van der Waals surface area contributed by atoms with Crippen LogP contribution in [-0.4, -0.2) is 23.7 Å². The number of unbranched alkanes of at least 4 members (excludes halogenated alkanes) is 2. The van der Waals surface area contributed by atoms with Crippen molar-refractivity contribution in [2.24, 2.45) is 0 Å². The normalized spacial score (nSPS) is 12.4. The third kappa shape index (κ3) is 5.83.